The van der Waals surface area contributed by atoms with Gasteiger partial charge in [-0.25, -0.2) is 0 Å². The van der Waals surface area contributed by atoms with E-state index in [1.165, 1.54) is 0 Å². The quantitative estimate of drug-likeness (QED) is 0.788. The van der Waals surface area contributed by atoms with Crippen molar-refractivity contribution < 1.29 is 19.5 Å². The van der Waals surface area contributed by atoms with Gasteiger partial charge in [0.05, 0.1) is 17.7 Å². The largest absolute Gasteiger partial charge is 0.394 e. The van der Waals surface area contributed by atoms with Gasteiger partial charge in [-0.1, -0.05) is 26.0 Å². The number of aliphatic hydroxyl groups is 1. The standard InChI is InChI=1S/C16H20N2O4/c1-9(2)13(14(20)17-10(3)8-19)18-15(21)11-6-4-5-7-12(11)16(18)22/h4-7,9-10,13,19H,8H2,1-3H3,(H,17,20). The van der Waals surface area contributed by atoms with Crippen molar-refractivity contribution in [2.24, 2.45) is 5.92 Å². The second-order valence-electron chi connectivity index (χ2n) is 5.81. The zero-order valence-electron chi connectivity index (χ0n) is 12.9. The first kappa shape index (κ1) is 16.2. The number of nitrogens with one attached hydrogen (secondary N) is 1. The lowest BCUT2D eigenvalue weighted by atomic mass is 10.0. The molecule has 2 rings (SSSR count). The third-order valence-electron chi connectivity index (χ3n) is 3.67. The van der Waals surface area contributed by atoms with E-state index < -0.39 is 29.8 Å². The molecule has 2 atom stereocenters. The maximum atomic E-state index is 12.5. The van der Waals surface area contributed by atoms with Crippen molar-refractivity contribution in [3.05, 3.63) is 35.4 Å². The van der Waals surface area contributed by atoms with Crippen molar-refractivity contribution in [3.63, 3.8) is 0 Å². The second kappa shape index (κ2) is 6.27. The van der Waals surface area contributed by atoms with Crippen LogP contribution in [-0.4, -0.2) is 46.4 Å². The molecule has 0 aromatic heterocycles. The molecule has 3 amide bonds. The molecular weight excluding hydrogens is 284 g/mol. The van der Waals surface area contributed by atoms with Crippen LogP contribution in [0, 0.1) is 5.92 Å². The Morgan fingerprint density at radius 2 is 1.64 bits per heavy atom. The number of imide groups is 1. The Kier molecular flexibility index (Phi) is 4.61. The molecule has 22 heavy (non-hydrogen) atoms. The first-order chi connectivity index (χ1) is 10.4. The number of hydrogen-bond donors (Lipinski definition) is 2. The fourth-order valence-corrected chi connectivity index (χ4v) is 2.55. The molecule has 0 bridgehead atoms. The normalized spacial score (nSPS) is 16.7. The van der Waals surface area contributed by atoms with Crippen LogP contribution < -0.4 is 5.32 Å². The van der Waals surface area contributed by atoms with Gasteiger partial charge in [0.2, 0.25) is 5.91 Å². The molecule has 2 unspecified atom stereocenters. The van der Waals surface area contributed by atoms with Crippen LogP contribution in [0.4, 0.5) is 0 Å². The van der Waals surface area contributed by atoms with E-state index in [1.54, 1.807) is 45.0 Å². The number of amides is 3. The molecule has 1 heterocycles. The highest BCUT2D eigenvalue weighted by atomic mass is 16.3. The fraction of sp³-hybridized carbons (Fsp3) is 0.438. The molecular formula is C16H20N2O4. The summed E-state index contributed by atoms with van der Waals surface area (Å²) in [5.41, 5.74) is 0.641. The molecule has 0 saturated carbocycles. The Labute approximate surface area is 129 Å². The molecule has 0 fully saturated rings. The van der Waals surface area contributed by atoms with Gasteiger partial charge in [-0.05, 0) is 25.0 Å². The summed E-state index contributed by atoms with van der Waals surface area (Å²) in [7, 11) is 0. The van der Waals surface area contributed by atoms with E-state index >= 15 is 0 Å². The van der Waals surface area contributed by atoms with Crippen molar-refractivity contribution in [3.8, 4) is 0 Å². The van der Waals surface area contributed by atoms with Crippen LogP contribution in [0.2, 0.25) is 0 Å². The second-order valence-corrected chi connectivity index (χ2v) is 5.81. The first-order valence-corrected chi connectivity index (χ1v) is 7.26. The number of rotatable bonds is 5. The summed E-state index contributed by atoms with van der Waals surface area (Å²) in [5.74, 6) is -1.59. The Morgan fingerprint density at radius 3 is 2.05 bits per heavy atom. The average Bonchev–Trinajstić information content (AvgIpc) is 2.73. The minimum atomic E-state index is -0.901. The topological polar surface area (TPSA) is 86.7 Å². The summed E-state index contributed by atoms with van der Waals surface area (Å²) in [6.07, 6.45) is 0. The van der Waals surface area contributed by atoms with Gasteiger partial charge in [-0.15, -0.1) is 0 Å². The minimum Gasteiger partial charge on any atom is -0.394 e. The molecule has 1 aromatic rings. The highest BCUT2D eigenvalue weighted by Gasteiger charge is 2.43. The fourth-order valence-electron chi connectivity index (χ4n) is 2.55. The van der Waals surface area contributed by atoms with Crippen LogP contribution in [0.25, 0.3) is 0 Å². The molecule has 0 radical (unpaired) electrons. The van der Waals surface area contributed by atoms with E-state index in [9.17, 15) is 14.4 Å². The van der Waals surface area contributed by atoms with Crippen LogP contribution >= 0.6 is 0 Å². The molecule has 6 heteroatoms. The van der Waals surface area contributed by atoms with Crippen molar-refractivity contribution >= 4 is 17.7 Å². The van der Waals surface area contributed by atoms with Crippen LogP contribution in [-0.2, 0) is 4.79 Å². The first-order valence-electron chi connectivity index (χ1n) is 7.26. The summed E-state index contributed by atoms with van der Waals surface area (Å²) in [5, 5.41) is 11.7. The van der Waals surface area contributed by atoms with E-state index in [1.807, 2.05) is 0 Å². The molecule has 0 spiro atoms. The zero-order valence-corrected chi connectivity index (χ0v) is 12.9. The van der Waals surface area contributed by atoms with Gasteiger partial charge in [0.15, 0.2) is 0 Å². The lowest BCUT2D eigenvalue weighted by molar-refractivity contribution is -0.127. The molecule has 0 aliphatic carbocycles. The number of carbonyl (C=O) groups is 3. The third-order valence-corrected chi connectivity index (χ3v) is 3.67. The summed E-state index contributed by atoms with van der Waals surface area (Å²) in [6, 6.07) is 5.20. The van der Waals surface area contributed by atoms with Gasteiger partial charge in [-0.3, -0.25) is 19.3 Å². The predicted molar refractivity (Wildman–Crippen MR) is 80.3 cm³/mol. The third kappa shape index (κ3) is 2.74. The maximum absolute atomic E-state index is 12.5. The molecule has 0 saturated heterocycles. The Hall–Kier alpha value is -2.21. The number of carbonyl (C=O) groups excluding carboxylic acids is 3. The molecule has 1 aliphatic heterocycles. The number of aliphatic hydroxyl groups excluding tert-OH is 1. The molecule has 118 valence electrons. The van der Waals surface area contributed by atoms with E-state index in [4.69, 9.17) is 5.11 Å². The number of fused-ring (bicyclic) bond motifs is 1. The van der Waals surface area contributed by atoms with E-state index in [2.05, 4.69) is 5.32 Å². The minimum absolute atomic E-state index is 0.210. The van der Waals surface area contributed by atoms with E-state index in [0.717, 1.165) is 4.90 Å². The molecule has 1 aromatic carbocycles. The van der Waals surface area contributed by atoms with Crippen molar-refractivity contribution in [2.75, 3.05) is 6.61 Å². The lowest BCUT2D eigenvalue weighted by Gasteiger charge is -2.29. The van der Waals surface area contributed by atoms with Crippen LogP contribution in [0.1, 0.15) is 41.5 Å². The van der Waals surface area contributed by atoms with Crippen molar-refractivity contribution in [1.82, 2.24) is 10.2 Å². The number of hydrogen-bond acceptors (Lipinski definition) is 4. The van der Waals surface area contributed by atoms with Crippen LogP contribution in [0.15, 0.2) is 24.3 Å². The molecule has 2 N–H and O–H groups in total. The van der Waals surface area contributed by atoms with Gasteiger partial charge in [0, 0.05) is 6.04 Å². The van der Waals surface area contributed by atoms with Crippen LogP contribution in [0.3, 0.4) is 0 Å². The Morgan fingerprint density at radius 1 is 1.14 bits per heavy atom. The number of benzene rings is 1. The smallest absolute Gasteiger partial charge is 0.262 e. The zero-order chi connectivity index (χ0) is 16.4. The number of nitrogens with zero attached hydrogens (tertiary/aromatic N) is 1. The Balaban J connectivity index is 2.33. The van der Waals surface area contributed by atoms with Gasteiger partial charge < -0.3 is 10.4 Å². The van der Waals surface area contributed by atoms with Gasteiger partial charge in [0.1, 0.15) is 6.04 Å². The average molecular weight is 304 g/mol. The van der Waals surface area contributed by atoms with Crippen LogP contribution in [0.5, 0.6) is 0 Å². The SMILES string of the molecule is CC(CO)NC(=O)C(C(C)C)N1C(=O)c2ccccc2C1=O. The lowest BCUT2D eigenvalue weighted by Crippen LogP contribution is -2.54. The molecule has 6 nitrogen and oxygen atoms in total. The van der Waals surface area contributed by atoms with Gasteiger partial charge in [-0.2, -0.15) is 0 Å². The highest BCUT2D eigenvalue weighted by molar-refractivity contribution is 6.22. The summed E-state index contributed by atoms with van der Waals surface area (Å²) >= 11 is 0. The van der Waals surface area contributed by atoms with Gasteiger partial charge >= 0.3 is 0 Å². The summed E-state index contributed by atoms with van der Waals surface area (Å²) in [4.78, 5) is 38.4. The van der Waals surface area contributed by atoms with E-state index in [-0.39, 0.29) is 12.5 Å². The summed E-state index contributed by atoms with van der Waals surface area (Å²) in [6.45, 7) is 4.99. The monoisotopic (exact) mass is 304 g/mol. The van der Waals surface area contributed by atoms with E-state index in [0.29, 0.717) is 11.1 Å². The van der Waals surface area contributed by atoms with Crippen molar-refractivity contribution in [1.29, 1.82) is 0 Å². The van der Waals surface area contributed by atoms with Crippen molar-refractivity contribution in [2.45, 2.75) is 32.9 Å². The maximum Gasteiger partial charge on any atom is 0.262 e. The van der Waals surface area contributed by atoms with Gasteiger partial charge in [0.25, 0.3) is 11.8 Å². The summed E-state index contributed by atoms with van der Waals surface area (Å²) < 4.78 is 0. The molecule has 1 aliphatic rings. The highest BCUT2D eigenvalue weighted by Crippen LogP contribution is 2.27. The Bertz CT molecular complexity index is 577. The predicted octanol–water partition coefficient (Wildman–Crippen LogP) is 0.804.